The third-order valence-electron chi connectivity index (χ3n) is 5.95. The molecule has 174 valence electrons. The monoisotopic (exact) mass is 472 g/mol. The number of para-hydroxylation sites is 1. The van der Waals surface area contributed by atoms with Crippen molar-refractivity contribution in [1.82, 2.24) is 25.1 Å². The quantitative estimate of drug-likeness (QED) is 0.214. The lowest BCUT2D eigenvalue weighted by atomic mass is 10.1. The normalized spacial score (nSPS) is 11.5. The third-order valence-corrected chi connectivity index (χ3v) is 6.24. The molecular weight excluding hydrogens is 444 g/mol. The Balaban J connectivity index is 1.63. The van der Waals surface area contributed by atoms with Crippen LogP contribution in [0.5, 0.6) is 0 Å². The van der Waals surface area contributed by atoms with Crippen molar-refractivity contribution in [3.8, 4) is 22.8 Å². The van der Waals surface area contributed by atoms with Crippen LogP contribution in [-0.2, 0) is 6.67 Å². The standard InChI is InChI=1S/C26H28N6OS/c1-4-5-14-27-16-32-26(34)33-25(30-32)22-15-20-19-8-6-7-9-21(19)28-24(20)23(29-22)17-10-12-18(13-11-17)31(2)3/h6-13,15,27-28H,4-5,14,16H2,1-3H3. The van der Waals surface area contributed by atoms with Gasteiger partial charge in [-0.15, -0.1) is 5.10 Å². The van der Waals surface area contributed by atoms with E-state index in [1.807, 2.05) is 32.3 Å². The van der Waals surface area contributed by atoms with Gasteiger partial charge in [-0.3, -0.25) is 5.32 Å². The molecule has 0 aliphatic heterocycles. The summed E-state index contributed by atoms with van der Waals surface area (Å²) in [5, 5.41) is 10.2. The van der Waals surface area contributed by atoms with Gasteiger partial charge < -0.3 is 14.3 Å². The minimum atomic E-state index is 0.330. The van der Waals surface area contributed by atoms with Gasteiger partial charge in [0.05, 0.1) is 17.9 Å². The second-order valence-corrected chi connectivity index (χ2v) is 8.92. The molecule has 0 amide bonds. The minimum Gasteiger partial charge on any atom is -0.408 e. The molecule has 0 radical (unpaired) electrons. The molecule has 3 heterocycles. The molecule has 3 aromatic heterocycles. The number of anilines is 1. The molecule has 0 saturated carbocycles. The average Bonchev–Trinajstić information content (AvgIpc) is 3.41. The molecule has 34 heavy (non-hydrogen) atoms. The molecule has 5 rings (SSSR count). The lowest BCUT2D eigenvalue weighted by Crippen LogP contribution is -2.20. The van der Waals surface area contributed by atoms with Crippen molar-refractivity contribution in [2.45, 2.75) is 26.4 Å². The SMILES string of the molecule is CCCCNCn1nc(-c2cc3c([nH]c4ccccc43)c(-c3ccc(N(C)C)cc3)n2)oc1=S. The fourth-order valence-electron chi connectivity index (χ4n) is 4.08. The second kappa shape index (κ2) is 9.40. The lowest BCUT2D eigenvalue weighted by Gasteiger charge is -2.13. The summed E-state index contributed by atoms with van der Waals surface area (Å²) in [6.07, 6.45) is 2.24. The fourth-order valence-corrected chi connectivity index (χ4v) is 4.26. The van der Waals surface area contributed by atoms with E-state index in [0.717, 1.165) is 58.1 Å². The summed E-state index contributed by atoms with van der Waals surface area (Å²) in [4.78, 5) is 11.0. The Hall–Kier alpha value is -3.49. The maximum absolute atomic E-state index is 5.88. The number of H-pyrrole nitrogens is 1. The van der Waals surface area contributed by atoms with E-state index in [1.165, 1.54) is 0 Å². The van der Waals surface area contributed by atoms with E-state index in [-0.39, 0.29) is 0 Å². The zero-order chi connectivity index (χ0) is 23.7. The van der Waals surface area contributed by atoms with Crippen LogP contribution in [0.2, 0.25) is 0 Å². The van der Waals surface area contributed by atoms with Crippen LogP contribution in [0.4, 0.5) is 5.69 Å². The van der Waals surface area contributed by atoms with Crippen LogP contribution in [0.3, 0.4) is 0 Å². The molecule has 0 fully saturated rings. The van der Waals surface area contributed by atoms with Crippen LogP contribution in [0.25, 0.3) is 44.6 Å². The van der Waals surface area contributed by atoms with E-state index in [4.69, 9.17) is 21.6 Å². The van der Waals surface area contributed by atoms with Crippen LogP contribution in [0, 0.1) is 4.84 Å². The van der Waals surface area contributed by atoms with Gasteiger partial charge in [-0.25, -0.2) is 9.67 Å². The Morgan fingerprint density at radius 3 is 2.65 bits per heavy atom. The number of rotatable bonds is 8. The Morgan fingerprint density at radius 2 is 1.88 bits per heavy atom. The molecule has 5 aromatic rings. The molecule has 0 aliphatic carbocycles. The number of benzene rings is 2. The zero-order valence-electron chi connectivity index (χ0n) is 19.6. The number of pyridine rings is 1. The number of fused-ring (bicyclic) bond motifs is 3. The number of aromatic nitrogens is 4. The first-order valence-electron chi connectivity index (χ1n) is 11.5. The van der Waals surface area contributed by atoms with Crippen molar-refractivity contribution in [1.29, 1.82) is 0 Å². The summed E-state index contributed by atoms with van der Waals surface area (Å²) in [6, 6.07) is 18.7. The molecule has 0 bridgehead atoms. The highest BCUT2D eigenvalue weighted by Gasteiger charge is 2.18. The van der Waals surface area contributed by atoms with Crippen molar-refractivity contribution in [3.05, 3.63) is 59.4 Å². The zero-order valence-corrected chi connectivity index (χ0v) is 20.4. The van der Waals surface area contributed by atoms with Crippen molar-refractivity contribution in [3.63, 3.8) is 0 Å². The molecule has 8 heteroatoms. The number of nitrogens with zero attached hydrogens (tertiary/aromatic N) is 4. The smallest absolute Gasteiger partial charge is 0.288 e. The molecule has 0 aliphatic rings. The second-order valence-electron chi connectivity index (χ2n) is 8.57. The van der Waals surface area contributed by atoms with Gasteiger partial charge in [-0.05, 0) is 49.4 Å². The molecule has 0 saturated heterocycles. The number of aromatic amines is 1. The van der Waals surface area contributed by atoms with Crippen molar-refractivity contribution >= 4 is 39.7 Å². The van der Waals surface area contributed by atoms with Crippen molar-refractivity contribution in [2.24, 2.45) is 0 Å². The number of hydrogen-bond acceptors (Lipinski definition) is 6. The van der Waals surface area contributed by atoms with Crippen LogP contribution in [0.15, 0.2) is 59.0 Å². The summed E-state index contributed by atoms with van der Waals surface area (Å²) < 4.78 is 7.56. The molecule has 0 spiro atoms. The van der Waals surface area contributed by atoms with Gasteiger partial charge in [0.2, 0.25) is 0 Å². The van der Waals surface area contributed by atoms with Gasteiger partial charge in [-0.2, -0.15) is 0 Å². The molecule has 0 unspecified atom stereocenters. The summed E-state index contributed by atoms with van der Waals surface area (Å²) in [5.41, 5.74) is 5.71. The highest BCUT2D eigenvalue weighted by molar-refractivity contribution is 7.71. The molecule has 2 aromatic carbocycles. The first-order chi connectivity index (χ1) is 16.5. The van der Waals surface area contributed by atoms with Gasteiger partial charge in [0.25, 0.3) is 10.7 Å². The molecule has 0 atom stereocenters. The van der Waals surface area contributed by atoms with Crippen LogP contribution in [-0.4, -0.2) is 40.4 Å². The number of nitrogens with one attached hydrogen (secondary N) is 2. The van der Waals surface area contributed by atoms with Crippen molar-refractivity contribution in [2.75, 3.05) is 25.5 Å². The predicted molar refractivity (Wildman–Crippen MR) is 141 cm³/mol. The van der Waals surface area contributed by atoms with E-state index in [9.17, 15) is 0 Å². The van der Waals surface area contributed by atoms with Crippen LogP contribution >= 0.6 is 12.2 Å². The lowest BCUT2D eigenvalue weighted by molar-refractivity contribution is 0.465. The summed E-state index contributed by atoms with van der Waals surface area (Å²) in [5.74, 6) is 0.417. The molecule has 7 nitrogen and oxygen atoms in total. The Morgan fingerprint density at radius 1 is 1.09 bits per heavy atom. The van der Waals surface area contributed by atoms with Gasteiger partial charge >= 0.3 is 0 Å². The Kier molecular flexibility index (Phi) is 6.17. The van der Waals surface area contributed by atoms with Gasteiger partial charge in [0.1, 0.15) is 5.69 Å². The third kappa shape index (κ3) is 4.22. The number of unbranched alkanes of at least 4 members (excludes halogenated alkanes) is 1. The fraction of sp³-hybridized carbons (Fsp3) is 0.269. The summed E-state index contributed by atoms with van der Waals surface area (Å²) in [7, 11) is 4.07. The summed E-state index contributed by atoms with van der Waals surface area (Å²) >= 11 is 5.43. The molecular formula is C26H28N6OS. The number of hydrogen-bond donors (Lipinski definition) is 2. The Labute approximate surface area is 203 Å². The van der Waals surface area contributed by atoms with Crippen LogP contribution in [0.1, 0.15) is 19.8 Å². The van der Waals surface area contributed by atoms with Crippen molar-refractivity contribution < 1.29 is 4.42 Å². The largest absolute Gasteiger partial charge is 0.408 e. The van der Waals surface area contributed by atoms with Crippen LogP contribution < -0.4 is 10.2 Å². The Bertz CT molecular complexity index is 1500. The van der Waals surface area contributed by atoms with Gasteiger partial charge in [-0.1, -0.05) is 43.7 Å². The predicted octanol–water partition coefficient (Wildman–Crippen LogP) is 5.98. The summed E-state index contributed by atoms with van der Waals surface area (Å²) in [6.45, 7) is 3.59. The highest BCUT2D eigenvalue weighted by atomic mass is 32.1. The average molecular weight is 473 g/mol. The van der Waals surface area contributed by atoms with Gasteiger partial charge in [0.15, 0.2) is 0 Å². The topological polar surface area (TPSA) is 74.9 Å². The van der Waals surface area contributed by atoms with E-state index in [2.05, 4.69) is 63.6 Å². The van der Waals surface area contributed by atoms with E-state index in [1.54, 1.807) is 4.68 Å². The highest BCUT2D eigenvalue weighted by Crippen LogP contribution is 2.35. The first-order valence-corrected chi connectivity index (χ1v) is 11.9. The van der Waals surface area contributed by atoms with E-state index in [0.29, 0.717) is 23.1 Å². The minimum absolute atomic E-state index is 0.330. The maximum atomic E-state index is 5.88. The van der Waals surface area contributed by atoms with E-state index < -0.39 is 0 Å². The molecule has 2 N–H and O–H groups in total. The maximum Gasteiger partial charge on any atom is 0.288 e. The van der Waals surface area contributed by atoms with E-state index >= 15 is 0 Å². The van der Waals surface area contributed by atoms with Gasteiger partial charge in [0, 0.05) is 41.6 Å². The first kappa shape index (κ1) is 22.3.